The molecule has 158 valence electrons. The molecule has 31 heavy (non-hydrogen) atoms. The fourth-order valence-corrected chi connectivity index (χ4v) is 4.39. The Bertz CT molecular complexity index is 1210. The molecule has 0 fully saturated rings. The van der Waals surface area contributed by atoms with Gasteiger partial charge in [0.25, 0.3) is 0 Å². The number of Topliss-reactive ketones (excluding diaryl/α,β-unsaturated/α-hetero) is 1. The van der Waals surface area contributed by atoms with Gasteiger partial charge in [-0.2, -0.15) is 0 Å². The van der Waals surface area contributed by atoms with Crippen LogP contribution in [0.4, 0.5) is 4.39 Å². The maximum absolute atomic E-state index is 13.2. The van der Waals surface area contributed by atoms with Crippen molar-refractivity contribution >= 4 is 17.5 Å². The molecule has 0 N–H and O–H groups in total. The third-order valence-electron chi connectivity index (χ3n) is 5.33. The molecule has 0 aliphatic carbocycles. The summed E-state index contributed by atoms with van der Waals surface area (Å²) in [4.78, 5) is 12.9. The van der Waals surface area contributed by atoms with Crippen LogP contribution in [0.5, 0.6) is 0 Å². The average Bonchev–Trinajstić information content (AvgIpc) is 3.27. The molecule has 0 radical (unpaired) electrons. The predicted octanol–water partition coefficient (Wildman–Crippen LogP) is 5.06. The Morgan fingerprint density at radius 3 is 2.45 bits per heavy atom. The van der Waals surface area contributed by atoms with Crippen molar-refractivity contribution in [1.82, 2.24) is 19.3 Å². The molecule has 0 saturated carbocycles. The highest BCUT2D eigenvalue weighted by atomic mass is 32.2. The Morgan fingerprint density at radius 2 is 1.74 bits per heavy atom. The molecule has 4 rings (SSSR count). The SMILES string of the molecule is Cc1cc(C(=O)CSc2nnc(-c3ccc(F)cc3)n2C)c(C)n1Cc1ccccc1. The number of carbonyl (C=O) groups is 1. The van der Waals surface area contributed by atoms with Gasteiger partial charge in [-0.05, 0) is 49.7 Å². The number of thioether (sulfide) groups is 1. The molecule has 0 atom stereocenters. The number of aromatic nitrogens is 4. The van der Waals surface area contributed by atoms with Crippen molar-refractivity contribution in [3.05, 3.63) is 89.0 Å². The zero-order chi connectivity index (χ0) is 22.0. The van der Waals surface area contributed by atoms with Crippen molar-refractivity contribution < 1.29 is 9.18 Å². The number of hydrogen-bond donors (Lipinski definition) is 0. The van der Waals surface area contributed by atoms with Crippen molar-refractivity contribution in [3.63, 3.8) is 0 Å². The lowest BCUT2D eigenvalue weighted by Gasteiger charge is -2.10. The van der Waals surface area contributed by atoms with Gasteiger partial charge in [0.2, 0.25) is 0 Å². The lowest BCUT2D eigenvalue weighted by molar-refractivity contribution is 0.102. The topological polar surface area (TPSA) is 52.7 Å². The van der Waals surface area contributed by atoms with Gasteiger partial charge in [0, 0.05) is 36.1 Å². The summed E-state index contributed by atoms with van der Waals surface area (Å²) in [5, 5.41) is 9.05. The van der Waals surface area contributed by atoms with E-state index in [1.807, 2.05) is 49.7 Å². The van der Waals surface area contributed by atoms with Gasteiger partial charge in [-0.15, -0.1) is 10.2 Å². The fraction of sp³-hybridized carbons (Fsp3) is 0.208. The zero-order valence-corrected chi connectivity index (χ0v) is 18.5. The lowest BCUT2D eigenvalue weighted by Crippen LogP contribution is -2.08. The van der Waals surface area contributed by atoms with Crippen molar-refractivity contribution in [1.29, 1.82) is 0 Å². The molecule has 2 aromatic heterocycles. The monoisotopic (exact) mass is 434 g/mol. The molecule has 0 saturated heterocycles. The van der Waals surface area contributed by atoms with Crippen molar-refractivity contribution in [2.24, 2.45) is 7.05 Å². The van der Waals surface area contributed by atoms with Gasteiger partial charge in [-0.25, -0.2) is 4.39 Å². The fourth-order valence-electron chi connectivity index (χ4n) is 3.59. The van der Waals surface area contributed by atoms with E-state index >= 15 is 0 Å². The van der Waals surface area contributed by atoms with Crippen LogP contribution in [0.3, 0.4) is 0 Å². The van der Waals surface area contributed by atoms with Gasteiger partial charge < -0.3 is 9.13 Å². The first-order valence-corrected chi connectivity index (χ1v) is 10.9. The van der Waals surface area contributed by atoms with Gasteiger partial charge in [0.15, 0.2) is 16.8 Å². The summed E-state index contributed by atoms with van der Waals surface area (Å²) in [7, 11) is 1.84. The number of aryl methyl sites for hydroxylation is 1. The molecular weight excluding hydrogens is 411 g/mol. The van der Waals surface area contributed by atoms with E-state index in [4.69, 9.17) is 0 Å². The molecule has 5 nitrogen and oxygen atoms in total. The summed E-state index contributed by atoms with van der Waals surface area (Å²) in [6, 6.07) is 18.3. The second-order valence-electron chi connectivity index (χ2n) is 7.44. The smallest absolute Gasteiger partial charge is 0.191 e. The Balaban J connectivity index is 1.47. The Labute approximate surface area is 184 Å². The van der Waals surface area contributed by atoms with Crippen LogP contribution in [-0.2, 0) is 13.6 Å². The maximum Gasteiger partial charge on any atom is 0.191 e. The Hall–Kier alpha value is -3.19. The molecule has 0 aliphatic heterocycles. The normalized spacial score (nSPS) is 11.1. The van der Waals surface area contributed by atoms with Crippen LogP contribution in [0, 0.1) is 19.7 Å². The Morgan fingerprint density at radius 1 is 1.03 bits per heavy atom. The molecule has 0 aliphatic rings. The van der Waals surface area contributed by atoms with Crippen LogP contribution in [0.25, 0.3) is 11.4 Å². The molecule has 0 spiro atoms. The first-order valence-electron chi connectivity index (χ1n) is 9.96. The second-order valence-corrected chi connectivity index (χ2v) is 8.38. The molecule has 2 aromatic carbocycles. The van der Waals surface area contributed by atoms with Gasteiger partial charge in [0.1, 0.15) is 5.82 Å². The molecule has 7 heteroatoms. The first-order chi connectivity index (χ1) is 14.9. The van der Waals surface area contributed by atoms with E-state index in [0.717, 1.165) is 29.1 Å². The van der Waals surface area contributed by atoms with E-state index in [9.17, 15) is 9.18 Å². The molecule has 4 aromatic rings. The van der Waals surface area contributed by atoms with E-state index in [2.05, 4.69) is 26.9 Å². The predicted molar refractivity (Wildman–Crippen MR) is 121 cm³/mol. The highest BCUT2D eigenvalue weighted by Crippen LogP contribution is 2.25. The lowest BCUT2D eigenvalue weighted by atomic mass is 10.2. The van der Waals surface area contributed by atoms with Crippen LogP contribution in [0.1, 0.15) is 27.3 Å². The summed E-state index contributed by atoms with van der Waals surface area (Å²) in [6.07, 6.45) is 0. The van der Waals surface area contributed by atoms with Gasteiger partial charge >= 0.3 is 0 Å². The highest BCUT2D eigenvalue weighted by Gasteiger charge is 2.18. The van der Waals surface area contributed by atoms with Crippen molar-refractivity contribution in [3.8, 4) is 11.4 Å². The third kappa shape index (κ3) is 4.46. The van der Waals surface area contributed by atoms with Gasteiger partial charge in [0.05, 0.1) is 5.75 Å². The number of benzene rings is 2. The summed E-state index contributed by atoms with van der Waals surface area (Å²) in [5.74, 6) is 0.668. The standard InChI is InChI=1S/C24H23FN4OS/c1-16-13-21(17(2)29(16)14-18-7-5-4-6-8-18)22(30)15-31-24-27-26-23(28(24)3)19-9-11-20(25)12-10-19/h4-13H,14-15H2,1-3H3. The number of nitrogens with zero attached hydrogens (tertiary/aromatic N) is 4. The van der Waals surface area contributed by atoms with Crippen molar-refractivity contribution in [2.75, 3.05) is 5.75 Å². The minimum atomic E-state index is -0.295. The summed E-state index contributed by atoms with van der Waals surface area (Å²) in [6.45, 7) is 4.75. The number of ketones is 1. The van der Waals surface area contributed by atoms with Crippen LogP contribution in [0.15, 0.2) is 65.8 Å². The van der Waals surface area contributed by atoms with E-state index in [1.165, 1.54) is 29.5 Å². The molecular formula is C24H23FN4OS. The maximum atomic E-state index is 13.2. The third-order valence-corrected chi connectivity index (χ3v) is 6.35. The number of halogens is 1. The average molecular weight is 435 g/mol. The minimum Gasteiger partial charge on any atom is -0.344 e. The zero-order valence-electron chi connectivity index (χ0n) is 17.7. The summed E-state index contributed by atoms with van der Waals surface area (Å²) >= 11 is 1.35. The molecule has 2 heterocycles. The summed E-state index contributed by atoms with van der Waals surface area (Å²) in [5.41, 5.74) is 4.75. The Kier molecular flexibility index (Phi) is 6.04. The first kappa shape index (κ1) is 21.1. The molecule has 0 amide bonds. The van der Waals surface area contributed by atoms with E-state index < -0.39 is 0 Å². The van der Waals surface area contributed by atoms with Crippen LogP contribution in [0.2, 0.25) is 0 Å². The highest BCUT2D eigenvalue weighted by molar-refractivity contribution is 7.99. The van der Waals surface area contributed by atoms with E-state index in [1.54, 1.807) is 12.1 Å². The van der Waals surface area contributed by atoms with Crippen LogP contribution < -0.4 is 0 Å². The molecule has 0 unspecified atom stereocenters. The minimum absolute atomic E-state index is 0.0590. The largest absolute Gasteiger partial charge is 0.344 e. The quantitative estimate of drug-likeness (QED) is 0.301. The number of hydrogen-bond acceptors (Lipinski definition) is 4. The summed E-state index contributed by atoms with van der Waals surface area (Å²) < 4.78 is 17.2. The van der Waals surface area contributed by atoms with Gasteiger partial charge in [-0.3, -0.25) is 4.79 Å². The number of rotatable bonds is 7. The van der Waals surface area contributed by atoms with Crippen LogP contribution >= 0.6 is 11.8 Å². The van der Waals surface area contributed by atoms with Crippen LogP contribution in [-0.4, -0.2) is 30.9 Å². The van der Waals surface area contributed by atoms with Crippen molar-refractivity contribution in [2.45, 2.75) is 25.5 Å². The number of carbonyl (C=O) groups excluding carboxylic acids is 1. The van der Waals surface area contributed by atoms with E-state index in [0.29, 0.717) is 11.0 Å². The van der Waals surface area contributed by atoms with Gasteiger partial charge in [-0.1, -0.05) is 42.1 Å². The molecule has 0 bridgehead atoms. The second kappa shape index (κ2) is 8.89. The van der Waals surface area contributed by atoms with E-state index in [-0.39, 0.29) is 17.4 Å².